The van der Waals surface area contributed by atoms with Gasteiger partial charge in [-0.05, 0) is 43.5 Å². The van der Waals surface area contributed by atoms with Gasteiger partial charge < -0.3 is 5.32 Å². The van der Waals surface area contributed by atoms with Crippen molar-refractivity contribution in [2.24, 2.45) is 0 Å². The average molecular weight is 329 g/mol. The molecule has 0 spiro atoms. The molecule has 0 atom stereocenters. The molecule has 0 saturated carbocycles. The number of nitrogens with one attached hydrogen (secondary N) is 1. The van der Waals surface area contributed by atoms with Gasteiger partial charge >= 0.3 is 0 Å². The lowest BCUT2D eigenvalue weighted by atomic mass is 10.1. The molecule has 0 aliphatic carbocycles. The Bertz CT molecular complexity index is 956. The molecule has 0 bridgehead atoms. The molecule has 0 saturated heterocycles. The molecule has 3 rings (SSSR count). The van der Waals surface area contributed by atoms with Crippen molar-refractivity contribution < 1.29 is 4.79 Å². The fourth-order valence-electron chi connectivity index (χ4n) is 2.47. The monoisotopic (exact) mass is 329 g/mol. The number of unbranched alkanes of at least 4 members (excludes halogenated alkanes) is 1. The number of fused-ring (bicyclic) bond motifs is 3. The van der Waals surface area contributed by atoms with Crippen LogP contribution in [0.2, 0.25) is 0 Å². The minimum atomic E-state index is -0.217. The number of nitrogens with zero attached hydrogens (tertiary/aromatic N) is 2. The molecule has 0 aliphatic rings. The summed E-state index contributed by atoms with van der Waals surface area (Å²) in [5.41, 5.74) is 3.61. The van der Waals surface area contributed by atoms with E-state index in [2.05, 4.69) is 17.2 Å². The maximum absolute atomic E-state index is 12.5. The SMILES string of the molecule is CCCCNC(=O)c1cc(=O)n2c(nc3cc(C)c(C)cc32)s1. The number of hydrogen-bond donors (Lipinski definition) is 1. The highest BCUT2D eigenvalue weighted by Crippen LogP contribution is 2.22. The number of carbonyl (C=O) groups is 1. The van der Waals surface area contributed by atoms with Crippen molar-refractivity contribution in [1.29, 1.82) is 0 Å². The summed E-state index contributed by atoms with van der Waals surface area (Å²) in [5, 5.41) is 2.84. The number of carbonyl (C=O) groups excluding carboxylic acids is 1. The van der Waals surface area contributed by atoms with Crippen molar-refractivity contribution in [2.75, 3.05) is 6.54 Å². The zero-order chi connectivity index (χ0) is 16.6. The van der Waals surface area contributed by atoms with Crippen LogP contribution in [0.15, 0.2) is 23.0 Å². The Kier molecular flexibility index (Phi) is 4.17. The average Bonchev–Trinajstić information content (AvgIpc) is 2.85. The van der Waals surface area contributed by atoms with Gasteiger partial charge in [0, 0.05) is 12.6 Å². The van der Waals surface area contributed by atoms with Crippen molar-refractivity contribution in [3.63, 3.8) is 0 Å². The molecule has 0 fully saturated rings. The molecule has 5 nitrogen and oxygen atoms in total. The number of benzene rings is 1. The van der Waals surface area contributed by atoms with Crippen LogP contribution in [0.1, 0.15) is 40.6 Å². The first-order chi connectivity index (χ1) is 11.0. The number of rotatable bonds is 4. The number of aromatic nitrogens is 2. The van der Waals surface area contributed by atoms with Gasteiger partial charge in [0.1, 0.15) is 4.88 Å². The van der Waals surface area contributed by atoms with Crippen molar-refractivity contribution >= 4 is 33.2 Å². The maximum Gasteiger partial charge on any atom is 0.261 e. The Morgan fingerprint density at radius 3 is 2.74 bits per heavy atom. The Hall–Kier alpha value is -2.21. The van der Waals surface area contributed by atoms with Crippen molar-refractivity contribution in [3.05, 3.63) is 44.6 Å². The van der Waals surface area contributed by atoms with E-state index in [1.54, 1.807) is 4.40 Å². The zero-order valence-electron chi connectivity index (χ0n) is 13.5. The van der Waals surface area contributed by atoms with Crippen molar-refractivity contribution in [3.8, 4) is 0 Å². The molecular formula is C17H19N3O2S. The second kappa shape index (κ2) is 6.12. The van der Waals surface area contributed by atoms with E-state index in [1.807, 2.05) is 26.0 Å². The van der Waals surface area contributed by atoms with Crippen LogP contribution < -0.4 is 10.9 Å². The van der Waals surface area contributed by atoms with Gasteiger partial charge in [-0.15, -0.1) is 0 Å². The van der Waals surface area contributed by atoms with Crippen LogP contribution in [0.4, 0.5) is 0 Å². The summed E-state index contributed by atoms with van der Waals surface area (Å²) >= 11 is 1.24. The van der Waals surface area contributed by atoms with Crippen molar-refractivity contribution in [1.82, 2.24) is 14.7 Å². The quantitative estimate of drug-likeness (QED) is 0.748. The zero-order valence-corrected chi connectivity index (χ0v) is 14.3. The van der Waals surface area contributed by atoms with Gasteiger partial charge in [-0.3, -0.25) is 14.0 Å². The van der Waals surface area contributed by atoms with Gasteiger partial charge in [-0.1, -0.05) is 24.7 Å². The highest BCUT2D eigenvalue weighted by Gasteiger charge is 2.14. The Balaban J connectivity index is 2.10. The maximum atomic E-state index is 12.5. The molecule has 0 aliphatic heterocycles. The third-order valence-corrected chi connectivity index (χ3v) is 4.93. The molecule has 1 amide bonds. The first kappa shape index (κ1) is 15.7. The van der Waals surface area contributed by atoms with Crippen LogP contribution in [0.25, 0.3) is 16.0 Å². The Morgan fingerprint density at radius 2 is 2.00 bits per heavy atom. The number of aryl methyl sites for hydroxylation is 2. The van der Waals surface area contributed by atoms with E-state index >= 15 is 0 Å². The van der Waals surface area contributed by atoms with E-state index in [1.165, 1.54) is 17.4 Å². The lowest BCUT2D eigenvalue weighted by molar-refractivity contribution is 0.0957. The molecule has 23 heavy (non-hydrogen) atoms. The highest BCUT2D eigenvalue weighted by atomic mass is 32.1. The third kappa shape index (κ3) is 2.86. The molecule has 2 heterocycles. The van der Waals surface area contributed by atoms with Crippen LogP contribution in [0.5, 0.6) is 0 Å². The number of imidazole rings is 1. The first-order valence-electron chi connectivity index (χ1n) is 7.73. The number of amides is 1. The molecule has 3 aromatic rings. The van der Waals surface area contributed by atoms with Gasteiger partial charge in [-0.25, -0.2) is 4.98 Å². The Morgan fingerprint density at radius 1 is 1.26 bits per heavy atom. The Labute approximate surface area is 138 Å². The summed E-state index contributed by atoms with van der Waals surface area (Å²) < 4.78 is 1.58. The molecular weight excluding hydrogens is 310 g/mol. The predicted octanol–water partition coefficient (Wildman–Crippen LogP) is 3.06. The van der Waals surface area contributed by atoms with Gasteiger partial charge in [0.05, 0.1) is 11.0 Å². The van der Waals surface area contributed by atoms with E-state index in [9.17, 15) is 9.59 Å². The minimum Gasteiger partial charge on any atom is -0.351 e. The normalized spacial score (nSPS) is 11.3. The number of hydrogen-bond acceptors (Lipinski definition) is 4. The molecule has 120 valence electrons. The molecule has 0 radical (unpaired) electrons. The lowest BCUT2D eigenvalue weighted by Gasteiger charge is -2.03. The minimum absolute atomic E-state index is 0.206. The fourth-order valence-corrected chi connectivity index (χ4v) is 3.42. The second-order valence-electron chi connectivity index (χ2n) is 5.71. The van der Waals surface area contributed by atoms with Gasteiger partial charge in [0.15, 0.2) is 4.96 Å². The topological polar surface area (TPSA) is 63.5 Å². The fraction of sp³-hybridized carbons (Fsp3) is 0.353. The summed E-state index contributed by atoms with van der Waals surface area (Å²) in [6.45, 7) is 6.72. The van der Waals surface area contributed by atoms with Crippen LogP contribution in [0.3, 0.4) is 0 Å². The largest absolute Gasteiger partial charge is 0.351 e. The standard InChI is InChI=1S/C17H19N3O2S/c1-4-5-6-18-16(22)14-9-15(21)20-13-8-11(3)10(2)7-12(13)19-17(20)23-14/h7-9H,4-6H2,1-3H3,(H,18,22). The second-order valence-corrected chi connectivity index (χ2v) is 6.72. The molecule has 1 aromatic carbocycles. The van der Waals surface area contributed by atoms with Gasteiger partial charge in [0.2, 0.25) is 0 Å². The van der Waals surface area contributed by atoms with Gasteiger partial charge in [0.25, 0.3) is 11.5 Å². The van der Waals surface area contributed by atoms with E-state index in [4.69, 9.17) is 0 Å². The first-order valence-corrected chi connectivity index (χ1v) is 8.54. The summed E-state index contributed by atoms with van der Waals surface area (Å²) in [6.07, 6.45) is 1.94. The van der Waals surface area contributed by atoms with Crippen molar-refractivity contribution in [2.45, 2.75) is 33.6 Å². The third-order valence-electron chi connectivity index (χ3n) is 3.96. The van der Waals surface area contributed by atoms with Crippen LogP contribution >= 0.6 is 11.3 Å². The molecule has 1 N–H and O–H groups in total. The van der Waals surface area contributed by atoms with Crippen LogP contribution in [0, 0.1) is 13.8 Å². The summed E-state index contributed by atoms with van der Waals surface area (Å²) in [5.74, 6) is -0.206. The molecule has 2 aromatic heterocycles. The van der Waals surface area contributed by atoms with E-state index in [0.717, 1.165) is 35.0 Å². The molecule has 0 unspecified atom stereocenters. The van der Waals surface area contributed by atoms with E-state index in [-0.39, 0.29) is 11.5 Å². The predicted molar refractivity (Wildman–Crippen MR) is 93.6 cm³/mol. The van der Waals surface area contributed by atoms with E-state index < -0.39 is 0 Å². The summed E-state index contributed by atoms with van der Waals surface area (Å²) in [6, 6.07) is 5.35. The van der Waals surface area contributed by atoms with Gasteiger partial charge in [-0.2, -0.15) is 0 Å². The van der Waals surface area contributed by atoms with E-state index in [0.29, 0.717) is 16.4 Å². The smallest absolute Gasteiger partial charge is 0.261 e. The molecule has 6 heteroatoms. The summed E-state index contributed by atoms with van der Waals surface area (Å²) in [7, 11) is 0. The highest BCUT2D eigenvalue weighted by molar-refractivity contribution is 7.18. The lowest BCUT2D eigenvalue weighted by Crippen LogP contribution is -2.25. The summed E-state index contributed by atoms with van der Waals surface area (Å²) in [4.78, 5) is 30.1. The van der Waals surface area contributed by atoms with Crippen LogP contribution in [-0.2, 0) is 0 Å². The van der Waals surface area contributed by atoms with Crippen LogP contribution in [-0.4, -0.2) is 21.8 Å².